The molecule has 0 spiro atoms. The van der Waals surface area contributed by atoms with Gasteiger partial charge in [-0.3, -0.25) is 4.79 Å². The lowest BCUT2D eigenvalue weighted by atomic mass is 9.85. The number of carbonyl (C=O) groups excluding carboxylic acids is 1. The van der Waals surface area contributed by atoms with Crippen LogP contribution in [0.2, 0.25) is 0 Å². The minimum Gasteiger partial charge on any atom is -0.496 e. The van der Waals surface area contributed by atoms with Crippen molar-refractivity contribution in [2.75, 3.05) is 20.4 Å². The Balaban J connectivity index is 1.71. The maximum atomic E-state index is 12.6. The third kappa shape index (κ3) is 4.89. The first-order valence-electron chi connectivity index (χ1n) is 9.91. The molecule has 0 unspecified atom stereocenters. The topological polar surface area (TPSA) is 50.4 Å². The highest BCUT2D eigenvalue weighted by Crippen LogP contribution is 2.33. The molecule has 0 radical (unpaired) electrons. The maximum Gasteiger partial charge on any atom is 0.223 e. The van der Waals surface area contributed by atoms with Crippen LogP contribution in [0.15, 0.2) is 47.4 Å². The van der Waals surface area contributed by atoms with Gasteiger partial charge in [0.05, 0.1) is 7.11 Å². The second-order valence-corrected chi connectivity index (χ2v) is 8.13. The number of nitrogens with one attached hydrogen (secondary N) is 2. The van der Waals surface area contributed by atoms with E-state index in [4.69, 9.17) is 4.74 Å². The quantitative estimate of drug-likeness (QED) is 0.675. The molecule has 5 heteroatoms. The first-order valence-corrected chi connectivity index (χ1v) is 11.1. The Bertz CT molecular complexity index is 801. The lowest BCUT2D eigenvalue weighted by Gasteiger charge is -2.27. The second-order valence-electron chi connectivity index (χ2n) is 7.28. The van der Waals surface area contributed by atoms with Crippen molar-refractivity contribution in [1.29, 1.82) is 0 Å². The molecule has 0 heterocycles. The number of amides is 1. The average molecular weight is 399 g/mol. The molecular weight excluding hydrogens is 368 g/mol. The van der Waals surface area contributed by atoms with Crippen molar-refractivity contribution in [2.45, 2.75) is 43.2 Å². The highest BCUT2D eigenvalue weighted by Gasteiger charge is 2.25. The SMILES string of the molecule is CNC1CCC(C(=O)NCc2cc(-c3ccccc3SC)ccc2OC)CC1. The smallest absolute Gasteiger partial charge is 0.223 e. The molecule has 2 aromatic carbocycles. The Kier molecular flexibility index (Phi) is 7.40. The molecule has 1 fully saturated rings. The fraction of sp³-hybridized carbons (Fsp3) is 0.435. The standard InChI is InChI=1S/C23H30N2O2S/c1-24-19-11-8-16(9-12-19)23(26)25-15-18-14-17(10-13-21(18)27-2)20-6-4-5-7-22(20)28-3/h4-7,10,13-14,16,19,24H,8-9,11-12,15H2,1-3H3,(H,25,26). The number of carbonyl (C=O) groups is 1. The van der Waals surface area contributed by atoms with Crippen molar-refractivity contribution in [3.8, 4) is 16.9 Å². The van der Waals surface area contributed by atoms with Crippen molar-refractivity contribution >= 4 is 17.7 Å². The van der Waals surface area contributed by atoms with Gasteiger partial charge in [0, 0.05) is 29.0 Å². The van der Waals surface area contributed by atoms with Gasteiger partial charge in [-0.05, 0) is 68.3 Å². The van der Waals surface area contributed by atoms with Crippen LogP contribution in [-0.4, -0.2) is 32.4 Å². The average Bonchev–Trinajstić information content (AvgIpc) is 2.77. The van der Waals surface area contributed by atoms with E-state index in [0.717, 1.165) is 42.6 Å². The summed E-state index contributed by atoms with van der Waals surface area (Å²) in [6.07, 6.45) is 6.13. The number of ether oxygens (including phenoxy) is 1. The van der Waals surface area contributed by atoms with Gasteiger partial charge in [0.1, 0.15) is 5.75 Å². The fourth-order valence-corrected chi connectivity index (χ4v) is 4.56. The molecule has 2 aromatic rings. The Labute approximate surface area is 172 Å². The second kappa shape index (κ2) is 9.99. The molecule has 0 bridgehead atoms. The zero-order valence-corrected chi connectivity index (χ0v) is 17.8. The Morgan fingerprint density at radius 1 is 1.14 bits per heavy atom. The summed E-state index contributed by atoms with van der Waals surface area (Å²) < 4.78 is 5.53. The summed E-state index contributed by atoms with van der Waals surface area (Å²) in [5, 5.41) is 6.46. The van der Waals surface area contributed by atoms with E-state index in [1.54, 1.807) is 18.9 Å². The number of thioether (sulfide) groups is 1. The van der Waals surface area contributed by atoms with Crippen molar-refractivity contribution in [3.63, 3.8) is 0 Å². The minimum absolute atomic E-state index is 0.121. The molecule has 3 rings (SSSR count). The fourth-order valence-electron chi connectivity index (χ4n) is 3.94. The molecule has 2 N–H and O–H groups in total. The highest BCUT2D eigenvalue weighted by molar-refractivity contribution is 7.98. The van der Waals surface area contributed by atoms with Gasteiger partial charge in [0.2, 0.25) is 5.91 Å². The lowest BCUT2D eigenvalue weighted by Crippen LogP contribution is -2.37. The Morgan fingerprint density at radius 3 is 2.57 bits per heavy atom. The predicted molar refractivity (Wildman–Crippen MR) is 117 cm³/mol. The van der Waals surface area contributed by atoms with Crippen LogP contribution >= 0.6 is 11.8 Å². The molecule has 1 amide bonds. The van der Waals surface area contributed by atoms with Crippen molar-refractivity contribution in [1.82, 2.24) is 10.6 Å². The van der Waals surface area contributed by atoms with Crippen LogP contribution in [0.5, 0.6) is 5.75 Å². The minimum atomic E-state index is 0.121. The molecule has 0 aliphatic heterocycles. The largest absolute Gasteiger partial charge is 0.496 e. The molecule has 1 aliphatic rings. The Morgan fingerprint density at radius 2 is 1.89 bits per heavy atom. The number of methoxy groups -OCH3 is 1. The number of hydrogen-bond donors (Lipinski definition) is 2. The number of rotatable bonds is 7. The summed E-state index contributed by atoms with van der Waals surface area (Å²) in [7, 11) is 3.68. The van der Waals surface area contributed by atoms with Crippen LogP contribution in [0.1, 0.15) is 31.2 Å². The van der Waals surface area contributed by atoms with Gasteiger partial charge in [-0.2, -0.15) is 0 Å². The van der Waals surface area contributed by atoms with Gasteiger partial charge in [0.25, 0.3) is 0 Å². The molecule has 0 atom stereocenters. The molecule has 28 heavy (non-hydrogen) atoms. The Hall–Kier alpha value is -1.98. The van der Waals surface area contributed by atoms with Crippen molar-refractivity contribution in [3.05, 3.63) is 48.0 Å². The molecule has 150 valence electrons. The molecule has 0 saturated heterocycles. The van der Waals surface area contributed by atoms with Gasteiger partial charge in [-0.1, -0.05) is 24.3 Å². The molecular formula is C23H30N2O2S. The predicted octanol–water partition coefficient (Wildman–Crippen LogP) is 4.48. The van der Waals surface area contributed by atoms with E-state index in [1.165, 1.54) is 10.5 Å². The van der Waals surface area contributed by atoms with E-state index in [2.05, 4.69) is 53.3 Å². The van der Waals surface area contributed by atoms with E-state index in [1.807, 2.05) is 13.1 Å². The molecule has 0 aromatic heterocycles. The number of hydrogen-bond acceptors (Lipinski definition) is 4. The van der Waals surface area contributed by atoms with Crippen LogP contribution in [-0.2, 0) is 11.3 Å². The van der Waals surface area contributed by atoms with Gasteiger partial charge in [-0.25, -0.2) is 0 Å². The van der Waals surface area contributed by atoms with Crippen molar-refractivity contribution < 1.29 is 9.53 Å². The third-order valence-electron chi connectivity index (χ3n) is 5.66. The van der Waals surface area contributed by atoms with Crippen LogP contribution in [0, 0.1) is 5.92 Å². The molecule has 1 aliphatic carbocycles. The van der Waals surface area contributed by atoms with Crippen LogP contribution in [0.3, 0.4) is 0 Å². The van der Waals surface area contributed by atoms with Crippen molar-refractivity contribution in [2.24, 2.45) is 5.92 Å². The first kappa shape index (κ1) is 20.7. The summed E-state index contributed by atoms with van der Waals surface area (Å²) in [5.41, 5.74) is 3.35. The maximum absolute atomic E-state index is 12.6. The van der Waals surface area contributed by atoms with Crippen LogP contribution < -0.4 is 15.4 Å². The third-order valence-corrected chi connectivity index (χ3v) is 6.45. The monoisotopic (exact) mass is 398 g/mol. The zero-order chi connectivity index (χ0) is 19.9. The van der Waals surface area contributed by atoms with E-state index in [9.17, 15) is 4.79 Å². The van der Waals surface area contributed by atoms with E-state index < -0.39 is 0 Å². The summed E-state index contributed by atoms with van der Waals surface area (Å²) in [5.74, 6) is 1.09. The lowest BCUT2D eigenvalue weighted by molar-refractivity contribution is -0.126. The molecule has 4 nitrogen and oxygen atoms in total. The normalized spacial score (nSPS) is 19.2. The van der Waals surface area contributed by atoms with Gasteiger partial charge in [-0.15, -0.1) is 11.8 Å². The van der Waals surface area contributed by atoms with Crippen LogP contribution in [0.4, 0.5) is 0 Å². The van der Waals surface area contributed by atoms with Gasteiger partial charge in [0.15, 0.2) is 0 Å². The van der Waals surface area contributed by atoms with E-state index >= 15 is 0 Å². The number of benzene rings is 2. The van der Waals surface area contributed by atoms with Crippen LogP contribution in [0.25, 0.3) is 11.1 Å². The summed E-state index contributed by atoms with van der Waals surface area (Å²) >= 11 is 1.74. The van der Waals surface area contributed by atoms with Gasteiger partial charge >= 0.3 is 0 Å². The van der Waals surface area contributed by atoms with E-state index in [0.29, 0.717) is 12.6 Å². The summed E-state index contributed by atoms with van der Waals surface area (Å²) in [6, 6.07) is 15.1. The summed E-state index contributed by atoms with van der Waals surface area (Å²) in [6.45, 7) is 0.489. The zero-order valence-electron chi connectivity index (χ0n) is 17.0. The first-order chi connectivity index (χ1) is 13.7. The highest BCUT2D eigenvalue weighted by atomic mass is 32.2. The van der Waals surface area contributed by atoms with Gasteiger partial charge < -0.3 is 15.4 Å². The van der Waals surface area contributed by atoms with E-state index in [-0.39, 0.29) is 11.8 Å². The molecule has 1 saturated carbocycles. The summed E-state index contributed by atoms with van der Waals surface area (Å²) in [4.78, 5) is 13.9.